The van der Waals surface area contributed by atoms with Gasteiger partial charge in [0.2, 0.25) is 0 Å². The van der Waals surface area contributed by atoms with Crippen molar-refractivity contribution in [3.63, 3.8) is 0 Å². The van der Waals surface area contributed by atoms with Crippen LogP contribution in [0.3, 0.4) is 0 Å². The molecule has 0 fully saturated rings. The van der Waals surface area contributed by atoms with Crippen LogP contribution in [0.25, 0.3) is 80.7 Å². The van der Waals surface area contributed by atoms with Gasteiger partial charge in [-0.15, -0.1) is 11.3 Å². The Balaban J connectivity index is 1.06. The minimum absolute atomic E-state index is 1.10. The first-order valence-corrected chi connectivity index (χ1v) is 19.6. The Morgan fingerprint density at radius 2 is 1.02 bits per heavy atom. The number of thiophene rings is 1. The highest BCUT2D eigenvalue weighted by molar-refractivity contribution is 7.26. The average molecular weight is 719 g/mol. The molecule has 0 aliphatic carbocycles. The number of aromatic nitrogens is 1. The first kappa shape index (κ1) is 31.6. The molecule has 2 nitrogen and oxygen atoms in total. The Kier molecular flexibility index (Phi) is 7.39. The van der Waals surface area contributed by atoms with Gasteiger partial charge < -0.3 is 9.47 Å². The van der Waals surface area contributed by atoms with Crippen LogP contribution >= 0.6 is 11.3 Å². The Labute approximate surface area is 323 Å². The molecule has 2 aromatic heterocycles. The van der Waals surface area contributed by atoms with Crippen LogP contribution in [0.2, 0.25) is 0 Å². The van der Waals surface area contributed by atoms with Crippen molar-refractivity contribution in [2.24, 2.45) is 0 Å². The largest absolute Gasteiger partial charge is 0.310 e. The van der Waals surface area contributed by atoms with E-state index in [1.807, 2.05) is 11.3 Å². The van der Waals surface area contributed by atoms with Gasteiger partial charge in [0.25, 0.3) is 0 Å². The molecule has 0 aliphatic heterocycles. The van der Waals surface area contributed by atoms with E-state index in [-0.39, 0.29) is 0 Å². The molecule has 0 saturated heterocycles. The molecule has 0 radical (unpaired) electrons. The van der Waals surface area contributed by atoms with Gasteiger partial charge in [-0.05, 0) is 99.8 Å². The smallest absolute Gasteiger partial charge is 0.0547 e. The predicted octanol–water partition coefficient (Wildman–Crippen LogP) is 15.1. The maximum atomic E-state index is 2.41. The van der Waals surface area contributed by atoms with E-state index in [9.17, 15) is 0 Å². The molecule has 2 heterocycles. The maximum Gasteiger partial charge on any atom is 0.0547 e. The maximum absolute atomic E-state index is 2.41. The molecule has 55 heavy (non-hydrogen) atoms. The molecule has 258 valence electrons. The van der Waals surface area contributed by atoms with Crippen LogP contribution in [-0.2, 0) is 0 Å². The number of fused-ring (bicyclic) bond motifs is 8. The van der Waals surface area contributed by atoms with Crippen molar-refractivity contribution in [2.45, 2.75) is 0 Å². The second-order valence-electron chi connectivity index (χ2n) is 14.1. The Morgan fingerprint density at radius 1 is 0.382 bits per heavy atom. The summed E-state index contributed by atoms with van der Waals surface area (Å²) in [5, 5.41) is 7.73. The molecule has 0 N–H and O–H groups in total. The van der Waals surface area contributed by atoms with Gasteiger partial charge in [0.15, 0.2) is 0 Å². The van der Waals surface area contributed by atoms with Gasteiger partial charge in [0.1, 0.15) is 0 Å². The quantitative estimate of drug-likeness (QED) is 0.166. The molecular formula is C52H34N2S. The van der Waals surface area contributed by atoms with E-state index in [0.29, 0.717) is 0 Å². The lowest BCUT2D eigenvalue weighted by Gasteiger charge is -2.26. The van der Waals surface area contributed by atoms with E-state index in [4.69, 9.17) is 0 Å². The molecule has 0 saturated carbocycles. The minimum atomic E-state index is 1.10. The summed E-state index contributed by atoms with van der Waals surface area (Å²) in [6.45, 7) is 0. The molecule has 9 aromatic carbocycles. The van der Waals surface area contributed by atoms with Crippen molar-refractivity contribution in [3.8, 4) is 27.9 Å². The van der Waals surface area contributed by atoms with E-state index >= 15 is 0 Å². The van der Waals surface area contributed by atoms with Crippen LogP contribution in [-0.4, -0.2) is 4.57 Å². The van der Waals surface area contributed by atoms with Gasteiger partial charge in [-0.2, -0.15) is 0 Å². The second kappa shape index (κ2) is 12.9. The number of rotatable bonds is 6. The summed E-state index contributed by atoms with van der Waals surface area (Å²) in [6.07, 6.45) is 0. The topological polar surface area (TPSA) is 8.17 Å². The van der Waals surface area contributed by atoms with Crippen molar-refractivity contribution >= 4 is 81.1 Å². The number of hydrogen-bond acceptors (Lipinski definition) is 2. The Morgan fingerprint density at radius 3 is 1.85 bits per heavy atom. The molecular weight excluding hydrogens is 685 g/mol. The number of benzene rings is 9. The van der Waals surface area contributed by atoms with E-state index < -0.39 is 0 Å². The summed E-state index contributed by atoms with van der Waals surface area (Å²) < 4.78 is 5.05. The highest BCUT2D eigenvalue weighted by atomic mass is 32.1. The van der Waals surface area contributed by atoms with E-state index in [1.54, 1.807) is 0 Å². The molecule has 0 atom stereocenters. The summed E-state index contributed by atoms with van der Waals surface area (Å²) in [4.78, 5) is 2.38. The standard InChI is InChI=1S/C52H34N2S/c1-2-12-35(13-3-1)36-24-27-39(28-25-36)53(42-16-10-15-38(34-42)44-20-11-21-46-45-18-7-9-23-50(45)55-52(44)46)40-29-31-41(32-30-40)54-48-22-8-6-19-47(48)51-43-17-5-4-14-37(43)26-33-49(51)54/h1-34H. The highest BCUT2D eigenvalue weighted by Gasteiger charge is 2.18. The van der Waals surface area contributed by atoms with Crippen LogP contribution in [0.15, 0.2) is 206 Å². The lowest BCUT2D eigenvalue weighted by Crippen LogP contribution is -2.10. The summed E-state index contributed by atoms with van der Waals surface area (Å²) in [5.41, 5.74) is 11.7. The van der Waals surface area contributed by atoms with Crippen LogP contribution in [0.1, 0.15) is 0 Å². The molecule has 0 aliphatic rings. The van der Waals surface area contributed by atoms with Gasteiger partial charge in [-0.25, -0.2) is 0 Å². The molecule has 11 aromatic rings. The normalized spacial score (nSPS) is 11.6. The molecule has 11 rings (SSSR count). The summed E-state index contributed by atoms with van der Waals surface area (Å²) in [6, 6.07) is 75.1. The number of anilines is 3. The molecule has 0 amide bonds. The third-order valence-electron chi connectivity index (χ3n) is 11.0. The van der Waals surface area contributed by atoms with Gasteiger partial charge >= 0.3 is 0 Å². The SMILES string of the molecule is c1ccc(-c2ccc(N(c3ccc(-n4c5ccccc5c5c6ccccc6ccc54)cc3)c3cccc(-c4cccc5c4sc4ccccc45)c3)cc2)cc1. The van der Waals surface area contributed by atoms with E-state index in [0.717, 1.165) is 22.7 Å². The van der Waals surface area contributed by atoms with Gasteiger partial charge in [0, 0.05) is 53.7 Å². The zero-order valence-corrected chi connectivity index (χ0v) is 30.7. The first-order valence-electron chi connectivity index (χ1n) is 18.8. The summed E-state index contributed by atoms with van der Waals surface area (Å²) >= 11 is 1.88. The fraction of sp³-hybridized carbons (Fsp3) is 0. The Bertz CT molecular complexity index is 3190. The van der Waals surface area contributed by atoms with Gasteiger partial charge in [-0.3, -0.25) is 0 Å². The van der Waals surface area contributed by atoms with Crippen molar-refractivity contribution < 1.29 is 0 Å². The molecule has 3 heteroatoms. The molecule has 0 bridgehead atoms. The van der Waals surface area contributed by atoms with Crippen LogP contribution in [0.5, 0.6) is 0 Å². The molecule has 0 spiro atoms. The highest BCUT2D eigenvalue weighted by Crippen LogP contribution is 2.43. The lowest BCUT2D eigenvalue weighted by atomic mass is 10.0. The van der Waals surface area contributed by atoms with Crippen LogP contribution in [0, 0.1) is 0 Å². The monoisotopic (exact) mass is 718 g/mol. The van der Waals surface area contributed by atoms with E-state index in [1.165, 1.54) is 75.0 Å². The minimum Gasteiger partial charge on any atom is -0.310 e. The number of nitrogens with zero attached hydrogens (tertiary/aromatic N) is 2. The number of para-hydroxylation sites is 1. The van der Waals surface area contributed by atoms with Crippen LogP contribution < -0.4 is 4.90 Å². The van der Waals surface area contributed by atoms with Gasteiger partial charge in [-0.1, -0.05) is 140 Å². The number of hydrogen-bond donors (Lipinski definition) is 0. The summed E-state index contributed by atoms with van der Waals surface area (Å²) in [7, 11) is 0. The van der Waals surface area contributed by atoms with Crippen molar-refractivity contribution in [2.75, 3.05) is 4.90 Å². The summed E-state index contributed by atoms with van der Waals surface area (Å²) in [5.74, 6) is 0. The Hall–Kier alpha value is -6.94. The average Bonchev–Trinajstić information content (AvgIpc) is 3.81. The van der Waals surface area contributed by atoms with Gasteiger partial charge in [0.05, 0.1) is 11.0 Å². The van der Waals surface area contributed by atoms with Crippen molar-refractivity contribution in [3.05, 3.63) is 206 Å². The third-order valence-corrected chi connectivity index (χ3v) is 12.2. The zero-order chi connectivity index (χ0) is 36.3. The van der Waals surface area contributed by atoms with E-state index in [2.05, 4.69) is 216 Å². The van der Waals surface area contributed by atoms with Crippen LogP contribution in [0.4, 0.5) is 17.1 Å². The third kappa shape index (κ3) is 5.24. The second-order valence-corrected chi connectivity index (χ2v) is 15.2. The predicted molar refractivity (Wildman–Crippen MR) is 237 cm³/mol. The first-order chi connectivity index (χ1) is 27.3. The lowest BCUT2D eigenvalue weighted by molar-refractivity contribution is 1.17. The van der Waals surface area contributed by atoms with Crippen molar-refractivity contribution in [1.29, 1.82) is 0 Å². The fourth-order valence-corrected chi connectivity index (χ4v) is 9.67. The fourth-order valence-electron chi connectivity index (χ4n) is 8.44. The van der Waals surface area contributed by atoms with Crippen molar-refractivity contribution in [1.82, 2.24) is 4.57 Å². The molecule has 0 unspecified atom stereocenters. The zero-order valence-electron chi connectivity index (χ0n) is 29.9.